The Hall–Kier alpha value is -1.25. The molecule has 0 aliphatic carbocycles. The number of hydrogen-bond acceptors (Lipinski definition) is 5. The van der Waals surface area contributed by atoms with Crippen LogP contribution in [0.5, 0.6) is 0 Å². The van der Waals surface area contributed by atoms with Crippen LogP contribution in [0.25, 0.3) is 0 Å². The van der Waals surface area contributed by atoms with Crippen LogP contribution in [0.3, 0.4) is 0 Å². The number of nitrogen functional groups attached to an aromatic ring is 1. The van der Waals surface area contributed by atoms with E-state index in [1.165, 1.54) is 11.8 Å². The van der Waals surface area contributed by atoms with Gasteiger partial charge in [0.15, 0.2) is 0 Å². The number of thioether (sulfide) groups is 1. The number of primary amides is 1. The quantitative estimate of drug-likeness (QED) is 0.478. The molecule has 8 heteroatoms. The Morgan fingerprint density at radius 2 is 2.05 bits per heavy atom. The maximum Gasteiger partial charge on any atom is 0.219 e. The van der Waals surface area contributed by atoms with Crippen LogP contribution in [0.4, 0.5) is 5.69 Å². The van der Waals surface area contributed by atoms with E-state index in [1.807, 2.05) is 18.2 Å². The van der Waals surface area contributed by atoms with Crippen LogP contribution < -0.4 is 16.2 Å². The molecule has 1 rings (SSSR count). The molecule has 0 aliphatic heterocycles. The zero-order chi connectivity index (χ0) is 15.2. The minimum Gasteiger partial charge on any atom is -0.398 e. The maximum atomic E-state index is 11.8. The van der Waals surface area contributed by atoms with Gasteiger partial charge in [-0.15, -0.1) is 11.8 Å². The maximum absolute atomic E-state index is 11.8. The summed E-state index contributed by atoms with van der Waals surface area (Å²) in [5.74, 6) is -0.200. The average molecular weight is 317 g/mol. The summed E-state index contributed by atoms with van der Waals surface area (Å²) >= 11 is 1.38. The summed E-state index contributed by atoms with van der Waals surface area (Å²) in [5, 5.41) is 0. The van der Waals surface area contributed by atoms with E-state index in [1.54, 1.807) is 13.0 Å². The average Bonchev–Trinajstić information content (AvgIpc) is 2.29. The zero-order valence-electron chi connectivity index (χ0n) is 11.2. The molecule has 1 amide bonds. The minimum atomic E-state index is -3.43. The highest BCUT2D eigenvalue weighted by atomic mass is 32.2. The van der Waals surface area contributed by atoms with Crippen LogP contribution in [0.15, 0.2) is 29.2 Å². The Kier molecular flexibility index (Phi) is 6.31. The highest BCUT2D eigenvalue weighted by molar-refractivity contribution is 8.00. The third kappa shape index (κ3) is 6.27. The molecule has 0 bridgehead atoms. The highest BCUT2D eigenvalue weighted by Crippen LogP contribution is 2.24. The van der Waals surface area contributed by atoms with Crippen LogP contribution in [0.2, 0.25) is 0 Å². The number of nitrogens with one attached hydrogen (secondary N) is 1. The van der Waals surface area contributed by atoms with Crippen molar-refractivity contribution in [2.24, 2.45) is 5.73 Å². The van der Waals surface area contributed by atoms with Gasteiger partial charge in [0.25, 0.3) is 0 Å². The monoisotopic (exact) mass is 317 g/mol. The number of para-hydroxylation sites is 1. The number of anilines is 1. The number of rotatable bonds is 8. The fourth-order valence-corrected chi connectivity index (χ4v) is 4.24. The normalized spacial score (nSPS) is 13.1. The first-order valence-corrected chi connectivity index (χ1v) is 8.69. The molecule has 1 atom stereocenters. The molecule has 0 aliphatic rings. The van der Waals surface area contributed by atoms with Gasteiger partial charge >= 0.3 is 0 Å². The molecule has 0 heterocycles. The van der Waals surface area contributed by atoms with Crippen molar-refractivity contribution in [3.63, 3.8) is 0 Å². The first-order valence-electron chi connectivity index (χ1n) is 6.06. The Balaban J connectivity index is 2.44. The third-order valence-electron chi connectivity index (χ3n) is 2.42. The molecule has 0 aromatic heterocycles. The van der Waals surface area contributed by atoms with Crippen LogP contribution in [-0.2, 0) is 14.8 Å². The predicted octanol–water partition coefficient (Wildman–Crippen LogP) is 0.544. The van der Waals surface area contributed by atoms with Gasteiger partial charge in [0.1, 0.15) is 0 Å². The van der Waals surface area contributed by atoms with Crippen LogP contribution >= 0.6 is 11.8 Å². The number of amides is 1. The Labute approximate surface area is 123 Å². The summed E-state index contributed by atoms with van der Waals surface area (Å²) in [5.41, 5.74) is 11.4. The van der Waals surface area contributed by atoms with Crippen molar-refractivity contribution < 1.29 is 13.2 Å². The summed E-state index contributed by atoms with van der Waals surface area (Å²) in [6, 6.07) is 6.79. The van der Waals surface area contributed by atoms with Gasteiger partial charge in [-0.05, 0) is 19.1 Å². The van der Waals surface area contributed by atoms with Gasteiger partial charge in [-0.3, -0.25) is 4.79 Å². The lowest BCUT2D eigenvalue weighted by Crippen LogP contribution is -2.37. The van der Waals surface area contributed by atoms with Gasteiger partial charge in [0.2, 0.25) is 15.9 Å². The van der Waals surface area contributed by atoms with E-state index in [2.05, 4.69) is 4.72 Å². The molecule has 0 saturated heterocycles. The van der Waals surface area contributed by atoms with E-state index in [0.29, 0.717) is 11.4 Å². The summed E-state index contributed by atoms with van der Waals surface area (Å²) < 4.78 is 26.0. The molecule has 112 valence electrons. The van der Waals surface area contributed by atoms with Crippen LogP contribution in [0.1, 0.15) is 13.3 Å². The first-order chi connectivity index (χ1) is 9.30. The second-order valence-corrected chi connectivity index (χ2v) is 7.40. The van der Waals surface area contributed by atoms with Crippen molar-refractivity contribution in [1.29, 1.82) is 0 Å². The van der Waals surface area contributed by atoms with Crippen molar-refractivity contribution in [2.75, 3.05) is 17.2 Å². The lowest BCUT2D eigenvalue weighted by Gasteiger charge is -2.12. The smallest absolute Gasteiger partial charge is 0.219 e. The molecule has 5 N–H and O–H groups in total. The highest BCUT2D eigenvalue weighted by Gasteiger charge is 2.16. The fourth-order valence-electron chi connectivity index (χ4n) is 1.58. The van der Waals surface area contributed by atoms with E-state index in [0.717, 1.165) is 4.90 Å². The molecule has 1 aromatic carbocycles. The lowest BCUT2D eigenvalue weighted by molar-refractivity contribution is -0.118. The topological polar surface area (TPSA) is 115 Å². The number of hydrogen-bond donors (Lipinski definition) is 3. The molecule has 20 heavy (non-hydrogen) atoms. The molecule has 1 unspecified atom stereocenters. The second kappa shape index (κ2) is 7.51. The molecular formula is C12H19N3O3S2. The minimum absolute atomic E-state index is 0.0159. The van der Waals surface area contributed by atoms with Gasteiger partial charge in [0.05, 0.1) is 5.75 Å². The van der Waals surface area contributed by atoms with Gasteiger partial charge in [0, 0.05) is 28.8 Å². The third-order valence-corrected chi connectivity index (χ3v) is 5.27. The predicted molar refractivity (Wildman–Crippen MR) is 81.8 cm³/mol. The second-order valence-electron chi connectivity index (χ2n) is 4.39. The molecule has 0 spiro atoms. The molecule has 6 nitrogen and oxygen atoms in total. The van der Waals surface area contributed by atoms with Gasteiger partial charge < -0.3 is 11.5 Å². The number of carbonyl (C=O) groups is 1. The SMILES string of the molecule is CC(CC(N)=O)NS(=O)(=O)CCSc1ccccc1N. The number of nitrogens with two attached hydrogens (primary N) is 2. The van der Waals surface area contributed by atoms with Gasteiger partial charge in [-0.1, -0.05) is 12.1 Å². The van der Waals surface area contributed by atoms with Crippen molar-refractivity contribution in [2.45, 2.75) is 24.3 Å². The standard InChI is InChI=1S/C12H19N3O3S2/c1-9(8-12(14)16)15-20(17,18)7-6-19-11-5-3-2-4-10(11)13/h2-5,9,15H,6-8,13H2,1H3,(H2,14,16). The summed E-state index contributed by atoms with van der Waals surface area (Å²) in [6.07, 6.45) is -0.0159. The number of carbonyl (C=O) groups excluding carboxylic acids is 1. The van der Waals surface area contributed by atoms with E-state index in [4.69, 9.17) is 11.5 Å². The van der Waals surface area contributed by atoms with Crippen LogP contribution in [-0.4, -0.2) is 31.9 Å². The van der Waals surface area contributed by atoms with Crippen molar-refractivity contribution in [1.82, 2.24) is 4.72 Å². The number of sulfonamides is 1. The van der Waals surface area contributed by atoms with E-state index < -0.39 is 22.0 Å². The van der Waals surface area contributed by atoms with E-state index >= 15 is 0 Å². The molecule has 0 saturated carbocycles. The van der Waals surface area contributed by atoms with Crippen LogP contribution in [0, 0.1) is 0 Å². The molecule has 0 radical (unpaired) electrons. The van der Waals surface area contributed by atoms with Crippen molar-refractivity contribution >= 4 is 33.4 Å². The van der Waals surface area contributed by atoms with E-state index in [9.17, 15) is 13.2 Å². The van der Waals surface area contributed by atoms with E-state index in [-0.39, 0.29) is 12.2 Å². The molecule has 1 aromatic rings. The van der Waals surface area contributed by atoms with Crippen molar-refractivity contribution in [3.8, 4) is 0 Å². The Morgan fingerprint density at radius 1 is 1.40 bits per heavy atom. The fraction of sp³-hybridized carbons (Fsp3) is 0.417. The Bertz CT molecular complexity index is 561. The molecule has 0 fully saturated rings. The first kappa shape index (κ1) is 16.8. The summed E-state index contributed by atoms with van der Waals surface area (Å²) in [4.78, 5) is 11.6. The zero-order valence-corrected chi connectivity index (χ0v) is 12.8. The Morgan fingerprint density at radius 3 is 2.65 bits per heavy atom. The van der Waals surface area contributed by atoms with Gasteiger partial charge in [-0.25, -0.2) is 13.1 Å². The molecular weight excluding hydrogens is 298 g/mol. The largest absolute Gasteiger partial charge is 0.398 e. The number of benzene rings is 1. The summed E-state index contributed by atoms with van der Waals surface area (Å²) in [7, 11) is -3.43. The lowest BCUT2D eigenvalue weighted by atomic mass is 10.2. The van der Waals surface area contributed by atoms with Gasteiger partial charge in [-0.2, -0.15) is 0 Å². The summed E-state index contributed by atoms with van der Waals surface area (Å²) in [6.45, 7) is 1.60. The van der Waals surface area contributed by atoms with Crippen molar-refractivity contribution in [3.05, 3.63) is 24.3 Å².